The van der Waals surface area contributed by atoms with E-state index in [2.05, 4.69) is 20.7 Å². The van der Waals surface area contributed by atoms with Gasteiger partial charge in [0.1, 0.15) is 0 Å². The number of amides is 1. The Labute approximate surface area is 128 Å². The topological polar surface area (TPSA) is 92.1 Å². The molecule has 3 rings (SSSR count). The van der Waals surface area contributed by atoms with E-state index >= 15 is 0 Å². The van der Waals surface area contributed by atoms with Gasteiger partial charge in [-0.1, -0.05) is 6.07 Å². The van der Waals surface area contributed by atoms with E-state index < -0.39 is 6.10 Å². The molecule has 1 aliphatic rings. The molecule has 2 atom stereocenters. The highest BCUT2D eigenvalue weighted by Crippen LogP contribution is 2.14. The fraction of sp³-hybridized carbons (Fsp3) is 0.400. The van der Waals surface area contributed by atoms with Crippen molar-refractivity contribution in [2.24, 2.45) is 5.92 Å². The molecule has 2 aromatic rings. The summed E-state index contributed by atoms with van der Waals surface area (Å²) in [4.78, 5) is 16.0. The van der Waals surface area contributed by atoms with Gasteiger partial charge in [0, 0.05) is 50.1 Å². The van der Waals surface area contributed by atoms with E-state index in [0.29, 0.717) is 31.9 Å². The standard InChI is InChI=1S/C15H19N5O2/c21-13-9-17-8-12(13)6-15(22)18-14-3-5-20(19-14)10-11-2-1-4-16-7-11/h1-5,7,12-13,17,21H,6,8-10H2,(H,18,19,22)/t12-,13-/m1/s1. The van der Waals surface area contributed by atoms with Crippen molar-refractivity contribution >= 4 is 11.7 Å². The van der Waals surface area contributed by atoms with Gasteiger partial charge in [0.25, 0.3) is 0 Å². The molecule has 0 bridgehead atoms. The van der Waals surface area contributed by atoms with Crippen molar-refractivity contribution in [3.8, 4) is 0 Å². The van der Waals surface area contributed by atoms with Crippen molar-refractivity contribution < 1.29 is 9.90 Å². The van der Waals surface area contributed by atoms with Crippen molar-refractivity contribution in [3.05, 3.63) is 42.4 Å². The van der Waals surface area contributed by atoms with Gasteiger partial charge in [-0.2, -0.15) is 5.10 Å². The van der Waals surface area contributed by atoms with Crippen LogP contribution < -0.4 is 10.6 Å². The predicted molar refractivity (Wildman–Crippen MR) is 81.2 cm³/mol. The maximum Gasteiger partial charge on any atom is 0.225 e. The Bertz CT molecular complexity index is 628. The smallest absolute Gasteiger partial charge is 0.225 e. The van der Waals surface area contributed by atoms with Crippen molar-refractivity contribution in [3.63, 3.8) is 0 Å². The van der Waals surface area contributed by atoms with Gasteiger partial charge in [-0.15, -0.1) is 0 Å². The largest absolute Gasteiger partial charge is 0.391 e. The minimum atomic E-state index is -0.450. The molecule has 22 heavy (non-hydrogen) atoms. The first kappa shape index (κ1) is 14.7. The maximum atomic E-state index is 12.0. The van der Waals surface area contributed by atoms with Crippen LogP contribution in [0.15, 0.2) is 36.8 Å². The summed E-state index contributed by atoms with van der Waals surface area (Å²) in [5.41, 5.74) is 1.05. The molecule has 7 nitrogen and oxygen atoms in total. The lowest BCUT2D eigenvalue weighted by atomic mass is 10.0. The number of carbonyl (C=O) groups excluding carboxylic acids is 1. The average Bonchev–Trinajstić information content (AvgIpc) is 3.10. The molecule has 0 saturated carbocycles. The normalized spacial score (nSPS) is 21.0. The summed E-state index contributed by atoms with van der Waals surface area (Å²) in [6.07, 6.45) is 5.17. The number of anilines is 1. The molecule has 0 spiro atoms. The number of β-amino-alcohol motifs (C(OH)–C–C–N with tert-alkyl or cyclic N) is 1. The molecule has 1 saturated heterocycles. The molecule has 2 aromatic heterocycles. The molecular formula is C15H19N5O2. The van der Waals surface area contributed by atoms with E-state index in [-0.39, 0.29) is 11.8 Å². The Morgan fingerprint density at radius 3 is 3.09 bits per heavy atom. The first-order valence-electron chi connectivity index (χ1n) is 7.32. The summed E-state index contributed by atoms with van der Waals surface area (Å²) < 4.78 is 1.75. The molecule has 3 heterocycles. The summed E-state index contributed by atoms with van der Waals surface area (Å²) in [6, 6.07) is 5.61. The Kier molecular flexibility index (Phi) is 4.45. The molecule has 7 heteroatoms. The summed E-state index contributed by atoms with van der Waals surface area (Å²) in [7, 11) is 0. The van der Waals surface area contributed by atoms with Gasteiger partial charge in [0.2, 0.25) is 5.91 Å². The molecule has 0 unspecified atom stereocenters. The number of nitrogens with one attached hydrogen (secondary N) is 2. The Balaban J connectivity index is 1.54. The first-order chi connectivity index (χ1) is 10.7. The summed E-state index contributed by atoms with van der Waals surface area (Å²) >= 11 is 0. The van der Waals surface area contributed by atoms with Gasteiger partial charge in [0.05, 0.1) is 12.6 Å². The Morgan fingerprint density at radius 2 is 2.36 bits per heavy atom. The molecule has 0 radical (unpaired) electrons. The van der Waals surface area contributed by atoms with Crippen LogP contribution in [0.5, 0.6) is 0 Å². The van der Waals surface area contributed by atoms with Crippen LogP contribution in [0.3, 0.4) is 0 Å². The molecule has 116 valence electrons. The zero-order chi connectivity index (χ0) is 15.4. The zero-order valence-electron chi connectivity index (χ0n) is 12.1. The lowest BCUT2D eigenvalue weighted by Crippen LogP contribution is -2.24. The maximum absolute atomic E-state index is 12.0. The second kappa shape index (κ2) is 6.67. The molecule has 1 aliphatic heterocycles. The van der Waals surface area contributed by atoms with E-state index in [0.717, 1.165) is 5.56 Å². The molecule has 1 fully saturated rings. The van der Waals surface area contributed by atoms with Crippen LogP contribution in [0.25, 0.3) is 0 Å². The van der Waals surface area contributed by atoms with Crippen molar-refractivity contribution in [1.82, 2.24) is 20.1 Å². The van der Waals surface area contributed by atoms with Gasteiger partial charge in [-0.05, 0) is 11.6 Å². The number of pyridine rings is 1. The van der Waals surface area contributed by atoms with Crippen LogP contribution in [0.2, 0.25) is 0 Å². The van der Waals surface area contributed by atoms with E-state index in [1.807, 2.05) is 18.3 Å². The van der Waals surface area contributed by atoms with Crippen molar-refractivity contribution in [2.45, 2.75) is 19.1 Å². The molecular weight excluding hydrogens is 282 g/mol. The van der Waals surface area contributed by atoms with E-state index in [1.54, 1.807) is 23.1 Å². The number of aliphatic hydroxyl groups is 1. The molecule has 1 amide bonds. The molecule has 3 N–H and O–H groups in total. The van der Waals surface area contributed by atoms with E-state index in [4.69, 9.17) is 0 Å². The van der Waals surface area contributed by atoms with Crippen LogP contribution >= 0.6 is 0 Å². The summed E-state index contributed by atoms with van der Waals surface area (Å²) in [5.74, 6) is 0.367. The second-order valence-electron chi connectivity index (χ2n) is 5.50. The van der Waals surface area contributed by atoms with Crippen molar-refractivity contribution in [2.75, 3.05) is 18.4 Å². The number of rotatable bonds is 5. The van der Waals surface area contributed by atoms with E-state index in [1.165, 1.54) is 0 Å². The fourth-order valence-corrected chi connectivity index (χ4v) is 2.55. The number of hydrogen-bond acceptors (Lipinski definition) is 5. The number of aliphatic hydroxyl groups excluding tert-OH is 1. The summed E-state index contributed by atoms with van der Waals surface area (Å²) in [5, 5.41) is 19.9. The highest BCUT2D eigenvalue weighted by Gasteiger charge is 2.27. The van der Waals surface area contributed by atoms with E-state index in [9.17, 15) is 9.90 Å². The van der Waals surface area contributed by atoms with Crippen LogP contribution in [-0.2, 0) is 11.3 Å². The lowest BCUT2D eigenvalue weighted by Gasteiger charge is -2.11. The number of hydrogen-bond donors (Lipinski definition) is 3. The minimum absolute atomic E-state index is 0.0301. The van der Waals surface area contributed by atoms with Gasteiger partial charge in [-0.25, -0.2) is 0 Å². The first-order valence-corrected chi connectivity index (χ1v) is 7.32. The average molecular weight is 301 g/mol. The number of nitrogens with zero attached hydrogens (tertiary/aromatic N) is 3. The quantitative estimate of drug-likeness (QED) is 0.735. The molecule has 0 aromatic carbocycles. The van der Waals surface area contributed by atoms with Gasteiger partial charge >= 0.3 is 0 Å². The van der Waals surface area contributed by atoms with Crippen LogP contribution in [0.4, 0.5) is 5.82 Å². The minimum Gasteiger partial charge on any atom is -0.391 e. The molecule has 0 aliphatic carbocycles. The Morgan fingerprint density at radius 1 is 1.45 bits per heavy atom. The van der Waals surface area contributed by atoms with Gasteiger partial charge < -0.3 is 15.7 Å². The number of aromatic nitrogens is 3. The van der Waals surface area contributed by atoms with Gasteiger partial charge in [0.15, 0.2) is 5.82 Å². The predicted octanol–water partition coefficient (Wildman–Crippen LogP) is 0.235. The SMILES string of the molecule is O=C(C[C@@H]1CNC[C@H]1O)Nc1ccn(Cc2cccnc2)n1. The van der Waals surface area contributed by atoms with Crippen molar-refractivity contribution in [1.29, 1.82) is 0 Å². The zero-order valence-corrected chi connectivity index (χ0v) is 12.1. The van der Waals surface area contributed by atoms with Crippen LogP contribution in [-0.4, -0.2) is 45.0 Å². The third-order valence-electron chi connectivity index (χ3n) is 3.73. The summed E-state index contributed by atoms with van der Waals surface area (Å²) in [6.45, 7) is 1.83. The third kappa shape index (κ3) is 3.69. The van der Waals surface area contributed by atoms with Gasteiger partial charge in [-0.3, -0.25) is 14.5 Å². The van der Waals surface area contributed by atoms with Crippen LogP contribution in [0, 0.1) is 5.92 Å². The Hall–Kier alpha value is -2.25. The second-order valence-corrected chi connectivity index (χ2v) is 5.50. The highest BCUT2D eigenvalue weighted by molar-refractivity contribution is 5.89. The fourth-order valence-electron chi connectivity index (χ4n) is 2.55. The highest BCUT2D eigenvalue weighted by atomic mass is 16.3. The van der Waals surface area contributed by atoms with Crippen LogP contribution in [0.1, 0.15) is 12.0 Å². The lowest BCUT2D eigenvalue weighted by molar-refractivity contribution is -0.117. The monoisotopic (exact) mass is 301 g/mol. The number of carbonyl (C=O) groups is 1. The third-order valence-corrected chi connectivity index (χ3v) is 3.73.